The third-order valence-electron chi connectivity index (χ3n) is 6.59. The fraction of sp³-hybridized carbons (Fsp3) is 0.107. The summed E-state index contributed by atoms with van der Waals surface area (Å²) in [7, 11) is 0. The molecule has 2 aromatic heterocycles. The quantitative estimate of drug-likeness (QED) is 0.357. The van der Waals surface area contributed by atoms with Gasteiger partial charge < -0.3 is 4.98 Å². The van der Waals surface area contributed by atoms with Crippen molar-refractivity contribution in [3.63, 3.8) is 0 Å². The number of hydrogen-bond donors (Lipinski definition) is 2. The van der Waals surface area contributed by atoms with Gasteiger partial charge in [0.25, 0.3) is 0 Å². The molecule has 2 unspecified atom stereocenters. The minimum absolute atomic E-state index is 0.0741. The van der Waals surface area contributed by atoms with Gasteiger partial charge in [-0.25, -0.2) is 14.4 Å². The summed E-state index contributed by atoms with van der Waals surface area (Å²) in [4.78, 5) is 17.7. The predicted octanol–water partition coefficient (Wildman–Crippen LogP) is 5.56. The number of fused-ring (bicyclic) bond motifs is 4. The Morgan fingerprint density at radius 3 is 2.53 bits per heavy atom. The number of rotatable bonds is 3. The fourth-order valence-corrected chi connectivity index (χ4v) is 4.83. The molecular formula is C28H20FN5. The van der Waals surface area contributed by atoms with Crippen molar-refractivity contribution in [3.8, 4) is 22.3 Å². The van der Waals surface area contributed by atoms with E-state index in [1.54, 1.807) is 18.3 Å². The summed E-state index contributed by atoms with van der Waals surface area (Å²) in [6.07, 6.45) is 1.81. The summed E-state index contributed by atoms with van der Waals surface area (Å²) in [6, 6.07) is 23.7. The Balaban J connectivity index is 1.37. The van der Waals surface area contributed by atoms with Crippen LogP contribution in [0.1, 0.15) is 28.6 Å². The molecule has 2 N–H and O–H groups in total. The van der Waals surface area contributed by atoms with Crippen LogP contribution in [0.4, 0.5) is 4.39 Å². The summed E-state index contributed by atoms with van der Waals surface area (Å²) in [6.45, 7) is 2.10. The van der Waals surface area contributed by atoms with Crippen molar-refractivity contribution in [2.75, 3.05) is 0 Å². The highest BCUT2D eigenvalue weighted by Crippen LogP contribution is 2.40. The molecule has 164 valence electrons. The van der Waals surface area contributed by atoms with Crippen LogP contribution in [-0.4, -0.2) is 26.8 Å². The Hall–Kier alpha value is -4.16. The van der Waals surface area contributed by atoms with Crippen molar-refractivity contribution in [2.24, 2.45) is 4.99 Å². The van der Waals surface area contributed by atoms with Crippen molar-refractivity contribution >= 4 is 16.9 Å². The average molecular weight is 446 g/mol. The highest BCUT2D eigenvalue weighted by atomic mass is 19.1. The van der Waals surface area contributed by atoms with Crippen LogP contribution in [-0.2, 0) is 0 Å². The number of nitrogens with one attached hydrogen (secondary N) is 2. The number of imidazole rings is 1. The first-order chi connectivity index (χ1) is 16.6. The zero-order chi connectivity index (χ0) is 22.8. The maximum Gasteiger partial charge on any atom is 0.178 e. The zero-order valence-corrected chi connectivity index (χ0v) is 18.4. The lowest BCUT2D eigenvalue weighted by molar-refractivity contribution is 0.628. The molecule has 0 amide bonds. The number of aryl methyl sites for hydroxylation is 1. The number of hydrogen-bond acceptors (Lipinski definition) is 4. The number of pyridine rings is 1. The van der Waals surface area contributed by atoms with Crippen LogP contribution < -0.4 is 5.32 Å². The molecule has 5 aromatic rings. The van der Waals surface area contributed by atoms with Crippen molar-refractivity contribution < 1.29 is 4.39 Å². The number of benzene rings is 3. The minimum atomic E-state index is -0.261. The SMILES string of the molecule is Cc1cccc(-c2ccc3c(c2)C(c2nc4nccc(-c5ccc(F)cc5)c4[nH]2)=NC2NC32)c1. The number of H-pyrrole nitrogens is 1. The number of aromatic amines is 1. The maximum atomic E-state index is 13.5. The van der Waals surface area contributed by atoms with Crippen molar-refractivity contribution in [1.29, 1.82) is 0 Å². The standard InChI is InChI=1S/C28H20FN5/c1-15-3-2-4-17(13-15)18-7-10-21-22(14-18)25(33-27-24(21)32-27)28-31-23-20(11-12-30-26(23)34-28)16-5-8-19(29)9-6-16/h2-14,24,27,32H,1H3,(H,30,31,34). The monoisotopic (exact) mass is 445 g/mol. The molecule has 34 heavy (non-hydrogen) atoms. The van der Waals surface area contributed by atoms with E-state index in [0.29, 0.717) is 11.5 Å². The second-order valence-electron chi connectivity index (χ2n) is 8.89. The van der Waals surface area contributed by atoms with E-state index in [-0.39, 0.29) is 18.0 Å². The predicted molar refractivity (Wildman–Crippen MR) is 131 cm³/mol. The fourth-order valence-electron chi connectivity index (χ4n) is 4.83. The van der Waals surface area contributed by atoms with Crippen LogP contribution in [0.15, 0.2) is 84.0 Å². The molecule has 1 saturated heterocycles. The van der Waals surface area contributed by atoms with Gasteiger partial charge in [0.1, 0.15) is 17.7 Å². The van der Waals surface area contributed by atoms with Gasteiger partial charge in [0.15, 0.2) is 11.5 Å². The number of halogens is 1. The lowest BCUT2D eigenvalue weighted by atomic mass is 9.92. The molecule has 0 aliphatic carbocycles. The van der Waals surface area contributed by atoms with Crippen LogP contribution in [0.25, 0.3) is 33.4 Å². The van der Waals surface area contributed by atoms with Gasteiger partial charge in [-0.2, -0.15) is 0 Å². The van der Waals surface area contributed by atoms with Crippen molar-refractivity contribution in [1.82, 2.24) is 20.3 Å². The van der Waals surface area contributed by atoms with E-state index < -0.39 is 0 Å². The van der Waals surface area contributed by atoms with E-state index in [4.69, 9.17) is 9.98 Å². The first-order valence-corrected chi connectivity index (χ1v) is 11.3. The van der Waals surface area contributed by atoms with Gasteiger partial charge in [-0.15, -0.1) is 0 Å². The van der Waals surface area contributed by atoms with Gasteiger partial charge in [-0.1, -0.05) is 54.1 Å². The molecule has 3 aromatic carbocycles. The normalized spacial score (nSPS) is 18.4. The molecule has 0 spiro atoms. The number of nitrogens with zero attached hydrogens (tertiary/aromatic N) is 3. The Morgan fingerprint density at radius 1 is 0.853 bits per heavy atom. The largest absolute Gasteiger partial charge is 0.335 e. The molecule has 0 saturated carbocycles. The second-order valence-corrected chi connectivity index (χ2v) is 8.89. The third kappa shape index (κ3) is 3.07. The van der Waals surface area contributed by atoms with E-state index in [1.807, 2.05) is 6.07 Å². The van der Waals surface area contributed by atoms with Gasteiger partial charge in [-0.05, 0) is 53.4 Å². The first-order valence-electron chi connectivity index (χ1n) is 11.3. The summed E-state index contributed by atoms with van der Waals surface area (Å²) in [5, 5.41) is 3.45. The minimum Gasteiger partial charge on any atom is -0.335 e. The average Bonchev–Trinajstić information content (AvgIpc) is 3.52. The Bertz CT molecular complexity index is 1620. The molecule has 2 aliphatic heterocycles. The lowest BCUT2D eigenvalue weighted by Gasteiger charge is -2.16. The zero-order valence-electron chi connectivity index (χ0n) is 18.4. The summed E-state index contributed by atoms with van der Waals surface area (Å²) >= 11 is 0. The molecule has 2 atom stereocenters. The molecule has 6 heteroatoms. The van der Waals surface area contributed by atoms with E-state index in [1.165, 1.54) is 28.8 Å². The van der Waals surface area contributed by atoms with Crippen LogP contribution in [0.3, 0.4) is 0 Å². The van der Waals surface area contributed by atoms with E-state index in [2.05, 4.69) is 64.7 Å². The van der Waals surface area contributed by atoms with Gasteiger partial charge in [0, 0.05) is 17.3 Å². The molecule has 0 bridgehead atoms. The van der Waals surface area contributed by atoms with Crippen molar-refractivity contribution in [3.05, 3.63) is 107 Å². The maximum absolute atomic E-state index is 13.5. The van der Waals surface area contributed by atoms with Gasteiger partial charge in [0.2, 0.25) is 0 Å². The molecule has 4 heterocycles. The topological polar surface area (TPSA) is 75.9 Å². The van der Waals surface area contributed by atoms with Crippen LogP contribution in [0, 0.1) is 12.7 Å². The first kappa shape index (κ1) is 19.3. The highest BCUT2D eigenvalue weighted by molar-refractivity contribution is 6.14. The molecule has 2 aliphatic rings. The third-order valence-corrected chi connectivity index (χ3v) is 6.59. The number of aromatic nitrogens is 3. The molecule has 1 fully saturated rings. The molecule has 0 radical (unpaired) electrons. The van der Waals surface area contributed by atoms with Crippen LogP contribution >= 0.6 is 0 Å². The number of aliphatic imine (C=N–C) groups is 1. The second kappa shape index (κ2) is 7.17. The van der Waals surface area contributed by atoms with Gasteiger partial charge in [-0.3, -0.25) is 10.3 Å². The van der Waals surface area contributed by atoms with E-state index in [9.17, 15) is 4.39 Å². The summed E-state index contributed by atoms with van der Waals surface area (Å²) in [5.41, 5.74) is 9.95. The smallest absolute Gasteiger partial charge is 0.178 e. The van der Waals surface area contributed by atoms with Crippen LogP contribution in [0.2, 0.25) is 0 Å². The summed E-state index contributed by atoms with van der Waals surface area (Å²) < 4.78 is 13.5. The molecule has 7 rings (SSSR count). The Morgan fingerprint density at radius 2 is 1.68 bits per heavy atom. The lowest BCUT2D eigenvalue weighted by Crippen LogP contribution is -2.14. The Kier molecular flexibility index (Phi) is 4.07. The molecular weight excluding hydrogens is 425 g/mol. The Labute approximate surface area is 195 Å². The highest BCUT2D eigenvalue weighted by Gasteiger charge is 2.43. The van der Waals surface area contributed by atoms with Gasteiger partial charge in [0.05, 0.1) is 11.6 Å². The summed E-state index contributed by atoms with van der Waals surface area (Å²) in [5.74, 6) is 0.426. The van der Waals surface area contributed by atoms with E-state index >= 15 is 0 Å². The van der Waals surface area contributed by atoms with Crippen LogP contribution in [0.5, 0.6) is 0 Å². The molecule has 5 nitrogen and oxygen atoms in total. The van der Waals surface area contributed by atoms with Gasteiger partial charge >= 0.3 is 0 Å². The van der Waals surface area contributed by atoms with Crippen molar-refractivity contribution in [2.45, 2.75) is 19.1 Å². The van der Waals surface area contributed by atoms with E-state index in [0.717, 1.165) is 33.5 Å².